The fourth-order valence-electron chi connectivity index (χ4n) is 2.32. The minimum absolute atomic E-state index is 0.105. The highest BCUT2D eigenvalue weighted by molar-refractivity contribution is 5.94. The maximum atomic E-state index is 12.4. The van der Waals surface area contributed by atoms with Crippen LogP contribution in [-0.2, 0) is 6.54 Å². The van der Waals surface area contributed by atoms with E-state index in [0.29, 0.717) is 0 Å². The molecule has 1 amide bonds. The molecule has 1 N–H and O–H groups in total. The van der Waals surface area contributed by atoms with E-state index in [4.69, 9.17) is 0 Å². The second-order valence-electron chi connectivity index (χ2n) is 6.90. The van der Waals surface area contributed by atoms with Crippen LogP contribution >= 0.6 is 0 Å². The summed E-state index contributed by atoms with van der Waals surface area (Å²) in [6.07, 6.45) is 0. The Balaban J connectivity index is 1.93. The Hall–Kier alpha value is -1.39. The van der Waals surface area contributed by atoms with Crippen molar-refractivity contribution in [3.63, 3.8) is 0 Å². The second-order valence-corrected chi connectivity index (χ2v) is 6.90. The number of likely N-dealkylation sites (N-methyl/N-ethyl adjacent to an activating group) is 1. The lowest BCUT2D eigenvalue weighted by molar-refractivity contribution is 0.0664. The standard InChI is InChI=1S/C17H27N3O/c1-17(2,3)18-13-14-5-7-15(8-6-14)16(21)20-11-9-19(4)10-12-20/h5-8,18H,9-13H2,1-4H3. The number of amides is 1. The van der Waals surface area contributed by atoms with Crippen molar-refractivity contribution in [2.24, 2.45) is 0 Å². The van der Waals surface area contributed by atoms with Gasteiger partial charge in [0.2, 0.25) is 0 Å². The second kappa shape index (κ2) is 6.58. The van der Waals surface area contributed by atoms with Crippen LogP contribution in [0.3, 0.4) is 0 Å². The Bertz CT molecular complexity index is 468. The Labute approximate surface area is 128 Å². The first-order valence-corrected chi connectivity index (χ1v) is 7.67. The summed E-state index contributed by atoms with van der Waals surface area (Å²) in [5.74, 6) is 0.151. The predicted octanol–water partition coefficient (Wildman–Crippen LogP) is 1.96. The molecule has 1 saturated heterocycles. The lowest BCUT2D eigenvalue weighted by Crippen LogP contribution is -2.47. The van der Waals surface area contributed by atoms with Gasteiger partial charge in [0, 0.05) is 43.8 Å². The number of piperazine rings is 1. The van der Waals surface area contributed by atoms with Crippen LogP contribution in [-0.4, -0.2) is 54.5 Å². The number of hydrogen-bond donors (Lipinski definition) is 1. The van der Waals surface area contributed by atoms with Crippen molar-refractivity contribution in [2.45, 2.75) is 32.9 Å². The molecular weight excluding hydrogens is 262 g/mol. The van der Waals surface area contributed by atoms with Gasteiger partial charge in [-0.05, 0) is 45.5 Å². The smallest absolute Gasteiger partial charge is 0.253 e. The van der Waals surface area contributed by atoms with Crippen molar-refractivity contribution in [3.8, 4) is 0 Å². The molecule has 0 unspecified atom stereocenters. The number of hydrogen-bond acceptors (Lipinski definition) is 3. The van der Waals surface area contributed by atoms with Crippen LogP contribution in [0.25, 0.3) is 0 Å². The van der Waals surface area contributed by atoms with E-state index in [0.717, 1.165) is 38.3 Å². The van der Waals surface area contributed by atoms with E-state index in [2.05, 4.69) is 38.0 Å². The quantitative estimate of drug-likeness (QED) is 0.924. The minimum atomic E-state index is 0.105. The molecule has 0 spiro atoms. The summed E-state index contributed by atoms with van der Waals surface area (Å²) < 4.78 is 0. The number of benzene rings is 1. The first-order chi connectivity index (χ1) is 9.85. The Morgan fingerprint density at radius 3 is 2.19 bits per heavy atom. The van der Waals surface area contributed by atoms with Gasteiger partial charge in [-0.1, -0.05) is 12.1 Å². The maximum Gasteiger partial charge on any atom is 0.253 e. The number of carbonyl (C=O) groups is 1. The van der Waals surface area contributed by atoms with E-state index in [1.807, 2.05) is 29.2 Å². The van der Waals surface area contributed by atoms with Crippen molar-refractivity contribution >= 4 is 5.91 Å². The van der Waals surface area contributed by atoms with E-state index in [1.165, 1.54) is 5.56 Å². The molecular formula is C17H27N3O. The molecule has 0 atom stereocenters. The van der Waals surface area contributed by atoms with Crippen molar-refractivity contribution in [2.75, 3.05) is 33.2 Å². The molecule has 1 aliphatic rings. The average Bonchev–Trinajstić information content (AvgIpc) is 2.45. The van der Waals surface area contributed by atoms with E-state index >= 15 is 0 Å². The number of carbonyl (C=O) groups excluding carboxylic acids is 1. The van der Waals surface area contributed by atoms with Gasteiger partial charge in [-0.15, -0.1) is 0 Å². The van der Waals surface area contributed by atoms with E-state index in [1.54, 1.807) is 0 Å². The van der Waals surface area contributed by atoms with Gasteiger partial charge in [0.25, 0.3) is 5.91 Å². The summed E-state index contributed by atoms with van der Waals surface area (Å²) in [6, 6.07) is 7.98. The van der Waals surface area contributed by atoms with Crippen LogP contribution in [0.1, 0.15) is 36.7 Å². The summed E-state index contributed by atoms with van der Waals surface area (Å²) in [4.78, 5) is 16.6. The van der Waals surface area contributed by atoms with Crippen molar-refractivity contribution < 1.29 is 4.79 Å². The van der Waals surface area contributed by atoms with Crippen LogP contribution < -0.4 is 5.32 Å². The molecule has 0 aliphatic carbocycles. The largest absolute Gasteiger partial charge is 0.336 e. The number of rotatable bonds is 3. The molecule has 0 saturated carbocycles. The summed E-state index contributed by atoms with van der Waals surface area (Å²) in [5, 5.41) is 3.45. The molecule has 1 fully saturated rings. The summed E-state index contributed by atoms with van der Waals surface area (Å²) >= 11 is 0. The lowest BCUT2D eigenvalue weighted by atomic mass is 10.1. The van der Waals surface area contributed by atoms with Crippen molar-refractivity contribution in [1.82, 2.24) is 15.1 Å². The fraction of sp³-hybridized carbons (Fsp3) is 0.588. The van der Waals surface area contributed by atoms with E-state index < -0.39 is 0 Å². The molecule has 4 nitrogen and oxygen atoms in total. The van der Waals surface area contributed by atoms with Gasteiger partial charge in [0.05, 0.1) is 0 Å². The van der Waals surface area contributed by atoms with Gasteiger partial charge in [-0.3, -0.25) is 4.79 Å². The van der Waals surface area contributed by atoms with Crippen LogP contribution in [0, 0.1) is 0 Å². The van der Waals surface area contributed by atoms with Gasteiger partial charge in [-0.25, -0.2) is 0 Å². The molecule has 1 aromatic rings. The number of nitrogens with zero attached hydrogens (tertiary/aromatic N) is 2. The van der Waals surface area contributed by atoms with E-state index in [9.17, 15) is 4.79 Å². The molecule has 1 aliphatic heterocycles. The van der Waals surface area contributed by atoms with Gasteiger partial charge < -0.3 is 15.1 Å². The molecule has 1 heterocycles. The van der Waals surface area contributed by atoms with Gasteiger partial charge >= 0.3 is 0 Å². The molecule has 0 bridgehead atoms. The minimum Gasteiger partial charge on any atom is -0.336 e. The average molecular weight is 289 g/mol. The van der Waals surface area contributed by atoms with Gasteiger partial charge in [0.1, 0.15) is 0 Å². The van der Waals surface area contributed by atoms with Crippen LogP contribution in [0.2, 0.25) is 0 Å². The maximum absolute atomic E-state index is 12.4. The third-order valence-electron chi connectivity index (χ3n) is 3.81. The highest BCUT2D eigenvalue weighted by atomic mass is 16.2. The molecule has 0 aromatic heterocycles. The Morgan fingerprint density at radius 1 is 1.10 bits per heavy atom. The topological polar surface area (TPSA) is 35.6 Å². The molecule has 1 aromatic carbocycles. The van der Waals surface area contributed by atoms with E-state index in [-0.39, 0.29) is 11.4 Å². The summed E-state index contributed by atoms with van der Waals surface area (Å²) in [7, 11) is 2.10. The van der Waals surface area contributed by atoms with Crippen LogP contribution in [0.5, 0.6) is 0 Å². The van der Waals surface area contributed by atoms with Gasteiger partial charge in [0.15, 0.2) is 0 Å². The first kappa shape index (κ1) is 16.0. The zero-order chi connectivity index (χ0) is 15.5. The molecule has 0 radical (unpaired) electrons. The Morgan fingerprint density at radius 2 is 1.67 bits per heavy atom. The molecule has 116 valence electrons. The summed E-state index contributed by atoms with van der Waals surface area (Å²) in [6.45, 7) is 10.8. The third-order valence-corrected chi connectivity index (χ3v) is 3.81. The van der Waals surface area contributed by atoms with Crippen molar-refractivity contribution in [1.29, 1.82) is 0 Å². The predicted molar refractivity (Wildman–Crippen MR) is 86.4 cm³/mol. The third kappa shape index (κ3) is 4.83. The molecule has 4 heteroatoms. The SMILES string of the molecule is CN1CCN(C(=O)c2ccc(CNC(C)(C)C)cc2)CC1. The van der Waals surface area contributed by atoms with Crippen LogP contribution in [0.15, 0.2) is 24.3 Å². The fourth-order valence-corrected chi connectivity index (χ4v) is 2.32. The lowest BCUT2D eigenvalue weighted by Gasteiger charge is -2.32. The Kier molecular flexibility index (Phi) is 5.01. The molecule has 2 rings (SSSR count). The molecule has 21 heavy (non-hydrogen) atoms. The van der Waals surface area contributed by atoms with Crippen molar-refractivity contribution in [3.05, 3.63) is 35.4 Å². The van der Waals surface area contributed by atoms with Gasteiger partial charge in [-0.2, -0.15) is 0 Å². The highest BCUT2D eigenvalue weighted by Gasteiger charge is 2.20. The summed E-state index contributed by atoms with van der Waals surface area (Å²) in [5.41, 5.74) is 2.10. The zero-order valence-corrected chi connectivity index (χ0v) is 13.6. The zero-order valence-electron chi connectivity index (χ0n) is 13.6. The monoisotopic (exact) mass is 289 g/mol. The van der Waals surface area contributed by atoms with Crippen LogP contribution in [0.4, 0.5) is 0 Å². The first-order valence-electron chi connectivity index (χ1n) is 7.67. The normalized spacial score (nSPS) is 17.0. The highest BCUT2D eigenvalue weighted by Crippen LogP contribution is 2.11. The number of nitrogens with one attached hydrogen (secondary N) is 1.